The van der Waals surface area contributed by atoms with Gasteiger partial charge in [-0.2, -0.15) is 0 Å². The lowest BCUT2D eigenvalue weighted by Crippen LogP contribution is -2.56. The van der Waals surface area contributed by atoms with Gasteiger partial charge in [0.15, 0.2) is 5.58 Å². The second kappa shape index (κ2) is 15.5. The number of aryl methyl sites for hydroxylation is 2. The van der Waals surface area contributed by atoms with Crippen molar-refractivity contribution in [2.45, 2.75) is 52.4 Å². The molecule has 5 heterocycles. The average molecular weight is 894 g/mol. The molecular formula is C62H48BN3OS. The molecule has 2 aliphatic heterocycles. The van der Waals surface area contributed by atoms with Gasteiger partial charge in [0.1, 0.15) is 5.58 Å². The average Bonchev–Trinajstić information content (AvgIpc) is 4.07. The van der Waals surface area contributed by atoms with Crippen LogP contribution in [0.25, 0.3) is 75.0 Å². The van der Waals surface area contributed by atoms with Crippen molar-refractivity contribution in [3.05, 3.63) is 193 Å². The molecule has 4 nitrogen and oxygen atoms in total. The highest BCUT2D eigenvalue weighted by Gasteiger charge is 2.45. The first-order chi connectivity index (χ1) is 33.7. The minimum atomic E-state index is -0.123. The molecule has 0 bridgehead atoms. The summed E-state index contributed by atoms with van der Waals surface area (Å²) in [5.74, 6) is 0. The van der Waals surface area contributed by atoms with Gasteiger partial charge in [0, 0.05) is 76.4 Å². The first kappa shape index (κ1) is 39.6. The fraction of sp³-hybridized carbons (Fsp3) is 0.129. The van der Waals surface area contributed by atoms with Crippen molar-refractivity contribution in [2.24, 2.45) is 0 Å². The number of unbranched alkanes of at least 4 members (excludes halogenated alkanes) is 2. The van der Waals surface area contributed by atoms with Gasteiger partial charge in [0.05, 0.1) is 16.1 Å². The molecule has 68 heavy (non-hydrogen) atoms. The van der Waals surface area contributed by atoms with Crippen molar-refractivity contribution in [1.82, 2.24) is 4.48 Å². The molecule has 2 aliphatic rings. The Balaban J connectivity index is 1.10. The number of rotatable bonds is 10. The third-order valence-corrected chi connectivity index (χ3v) is 16.1. The number of para-hydroxylation sites is 4. The van der Waals surface area contributed by atoms with Gasteiger partial charge in [-0.05, 0) is 126 Å². The van der Waals surface area contributed by atoms with Gasteiger partial charge in [0.2, 0.25) is 0 Å². The molecule has 12 aromatic rings. The molecule has 0 atom stereocenters. The summed E-state index contributed by atoms with van der Waals surface area (Å²) in [6, 6.07) is 68.6. The SMILES string of the molecule is CCCCc1ccc(N(c2ccc(CCCC)cc2)c2ccc3c(c2)B2c4c(cc5c(sc6ccccc65)c4N3c3cccc4c3oc3ccccc34)-c3cccc4c5ccccc5n2c34)cc1. The van der Waals surface area contributed by atoms with Crippen molar-refractivity contribution in [2.75, 3.05) is 9.80 Å². The van der Waals surface area contributed by atoms with Crippen LogP contribution in [0.3, 0.4) is 0 Å². The quantitative estimate of drug-likeness (QED) is 0.128. The summed E-state index contributed by atoms with van der Waals surface area (Å²) in [6.45, 7) is 4.42. The molecule has 326 valence electrons. The fourth-order valence-electron chi connectivity index (χ4n) is 11.8. The van der Waals surface area contributed by atoms with E-state index >= 15 is 0 Å². The zero-order valence-corrected chi connectivity index (χ0v) is 39.1. The van der Waals surface area contributed by atoms with E-state index in [0.29, 0.717) is 0 Å². The number of hydrogen-bond acceptors (Lipinski definition) is 4. The number of nitrogens with zero attached hydrogens (tertiary/aromatic N) is 3. The smallest absolute Gasteiger partial charge is 0.333 e. The van der Waals surface area contributed by atoms with Crippen LogP contribution < -0.4 is 20.7 Å². The summed E-state index contributed by atoms with van der Waals surface area (Å²) < 4.78 is 12.2. The van der Waals surface area contributed by atoms with E-state index in [4.69, 9.17) is 4.42 Å². The summed E-state index contributed by atoms with van der Waals surface area (Å²) in [5, 5.41) is 7.41. The number of hydrogen-bond donors (Lipinski definition) is 0. The largest absolute Gasteiger partial charge is 0.454 e. The lowest BCUT2D eigenvalue weighted by Gasteiger charge is -2.41. The van der Waals surface area contributed by atoms with Crippen LogP contribution in [0.15, 0.2) is 186 Å². The molecule has 0 aliphatic carbocycles. The van der Waals surface area contributed by atoms with Crippen LogP contribution in [0, 0.1) is 0 Å². The molecule has 0 saturated heterocycles. The fourth-order valence-corrected chi connectivity index (χ4v) is 13.0. The summed E-state index contributed by atoms with van der Waals surface area (Å²) in [4.78, 5) is 5.05. The minimum Gasteiger partial charge on any atom is -0.454 e. The standard InChI is InChI=1S/C62H48BN3OS/c1-3-5-15-39-27-31-41(32-28-39)64(42-33-29-40(30-34-42)16-6-4-2)43-35-36-54-52(37-43)63-58-50(48-21-13-20-47-44-17-7-10-23-53(44)66(63)59(47)48)38-51-46-19-9-12-26-57(46)68-62(51)60(58)65(54)55-24-14-22-49-45-18-8-11-25-56(45)67-61(49)55/h7-14,17-38H,3-6,15-16H2,1-2H3. The zero-order valence-electron chi connectivity index (χ0n) is 38.3. The topological polar surface area (TPSA) is 24.6 Å². The van der Waals surface area contributed by atoms with E-state index < -0.39 is 0 Å². The Labute approximate surface area is 400 Å². The number of fused-ring (bicyclic) bond motifs is 14. The monoisotopic (exact) mass is 893 g/mol. The third-order valence-electron chi connectivity index (χ3n) is 14.9. The summed E-state index contributed by atoms with van der Waals surface area (Å²) >= 11 is 1.91. The van der Waals surface area contributed by atoms with Crippen molar-refractivity contribution in [1.29, 1.82) is 0 Å². The lowest BCUT2D eigenvalue weighted by molar-refractivity contribution is 0.669. The van der Waals surface area contributed by atoms with Crippen molar-refractivity contribution in [3.63, 3.8) is 0 Å². The summed E-state index contributed by atoms with van der Waals surface area (Å²) in [7, 11) is 0. The molecule has 9 aromatic carbocycles. The first-order valence-electron chi connectivity index (χ1n) is 24.5. The minimum absolute atomic E-state index is 0.123. The Hall–Kier alpha value is -7.54. The zero-order chi connectivity index (χ0) is 45.0. The molecule has 0 N–H and O–H groups in total. The van der Waals surface area contributed by atoms with Crippen LogP contribution in [0.1, 0.15) is 50.7 Å². The van der Waals surface area contributed by atoms with E-state index in [1.165, 1.54) is 107 Å². The highest BCUT2D eigenvalue weighted by molar-refractivity contribution is 7.26. The van der Waals surface area contributed by atoms with E-state index in [2.05, 4.69) is 210 Å². The molecule has 0 saturated carbocycles. The van der Waals surface area contributed by atoms with Crippen LogP contribution in [0.4, 0.5) is 34.1 Å². The second-order valence-electron chi connectivity index (χ2n) is 18.9. The molecule has 6 heteroatoms. The predicted octanol–water partition coefficient (Wildman–Crippen LogP) is 16.6. The number of anilines is 6. The van der Waals surface area contributed by atoms with Gasteiger partial charge in [-0.3, -0.25) is 0 Å². The molecule has 0 unspecified atom stereocenters. The lowest BCUT2D eigenvalue weighted by atomic mass is 9.45. The van der Waals surface area contributed by atoms with Gasteiger partial charge in [-0.1, -0.05) is 136 Å². The third kappa shape index (κ3) is 5.80. The van der Waals surface area contributed by atoms with Crippen LogP contribution in [-0.4, -0.2) is 11.3 Å². The van der Waals surface area contributed by atoms with E-state index in [-0.39, 0.29) is 6.85 Å². The molecule has 3 aromatic heterocycles. The van der Waals surface area contributed by atoms with Crippen LogP contribution in [0.5, 0.6) is 0 Å². The highest BCUT2D eigenvalue weighted by Crippen LogP contribution is 2.53. The van der Waals surface area contributed by atoms with E-state index in [1.807, 2.05) is 11.3 Å². The summed E-state index contributed by atoms with van der Waals surface area (Å²) in [5.41, 5.74) is 19.1. The van der Waals surface area contributed by atoms with Crippen LogP contribution >= 0.6 is 11.3 Å². The van der Waals surface area contributed by atoms with Gasteiger partial charge in [-0.25, -0.2) is 0 Å². The second-order valence-corrected chi connectivity index (χ2v) is 19.9. The van der Waals surface area contributed by atoms with Gasteiger partial charge in [0.25, 0.3) is 0 Å². The maximum atomic E-state index is 6.98. The van der Waals surface area contributed by atoms with E-state index in [9.17, 15) is 0 Å². The molecular weight excluding hydrogens is 846 g/mol. The van der Waals surface area contributed by atoms with Crippen molar-refractivity contribution < 1.29 is 4.42 Å². The van der Waals surface area contributed by atoms with Crippen molar-refractivity contribution in [3.8, 4) is 11.1 Å². The Kier molecular flexibility index (Phi) is 9.04. The summed E-state index contributed by atoms with van der Waals surface area (Å²) in [6.07, 6.45) is 6.93. The Morgan fingerprint density at radius 2 is 1.18 bits per heavy atom. The predicted molar refractivity (Wildman–Crippen MR) is 292 cm³/mol. The maximum absolute atomic E-state index is 6.98. The number of thiophene rings is 1. The number of furan rings is 1. The molecule has 0 spiro atoms. The maximum Gasteiger partial charge on any atom is 0.333 e. The Morgan fingerprint density at radius 1 is 0.529 bits per heavy atom. The van der Waals surface area contributed by atoms with E-state index in [1.54, 1.807) is 0 Å². The number of benzene rings is 9. The first-order valence-corrected chi connectivity index (χ1v) is 25.3. The molecule has 0 amide bonds. The van der Waals surface area contributed by atoms with Gasteiger partial charge >= 0.3 is 6.85 Å². The Morgan fingerprint density at radius 3 is 1.94 bits per heavy atom. The molecule has 0 radical (unpaired) electrons. The van der Waals surface area contributed by atoms with Crippen molar-refractivity contribution >= 4 is 127 Å². The normalized spacial score (nSPS) is 12.9. The van der Waals surface area contributed by atoms with Crippen LogP contribution in [-0.2, 0) is 12.8 Å². The molecule has 14 rings (SSSR count). The van der Waals surface area contributed by atoms with Crippen LogP contribution in [0.2, 0.25) is 0 Å². The highest BCUT2D eigenvalue weighted by atomic mass is 32.1. The number of aromatic nitrogens is 1. The van der Waals surface area contributed by atoms with E-state index in [0.717, 1.165) is 63.2 Å². The van der Waals surface area contributed by atoms with Gasteiger partial charge < -0.3 is 18.7 Å². The van der Waals surface area contributed by atoms with Gasteiger partial charge in [-0.15, -0.1) is 11.3 Å². The molecule has 0 fully saturated rings. The Bertz CT molecular complexity index is 3920.